The Morgan fingerprint density at radius 1 is 1.42 bits per heavy atom. The van der Waals surface area contributed by atoms with Crippen molar-refractivity contribution in [3.63, 3.8) is 0 Å². The molecule has 0 aromatic heterocycles. The van der Waals surface area contributed by atoms with Gasteiger partial charge in [0.25, 0.3) is 0 Å². The molecule has 0 radical (unpaired) electrons. The van der Waals surface area contributed by atoms with Crippen LogP contribution in [0.25, 0.3) is 0 Å². The zero-order chi connectivity index (χ0) is 9.14. The second-order valence-corrected chi connectivity index (χ2v) is 4.33. The molecule has 0 bridgehead atoms. The van der Waals surface area contributed by atoms with Crippen LogP contribution in [0.4, 0.5) is 0 Å². The molecule has 1 aliphatic rings. The van der Waals surface area contributed by atoms with Crippen LogP contribution in [0, 0.1) is 11.8 Å². The van der Waals surface area contributed by atoms with Crippen molar-refractivity contribution in [3.8, 4) is 0 Å². The number of rotatable bonds is 5. The number of nitrogens with two attached hydrogens (primary N) is 1. The van der Waals surface area contributed by atoms with Gasteiger partial charge in [-0.15, -0.1) is 0 Å². The van der Waals surface area contributed by atoms with Crippen molar-refractivity contribution >= 4 is 0 Å². The van der Waals surface area contributed by atoms with Crippen molar-refractivity contribution in [2.45, 2.75) is 45.3 Å². The lowest BCUT2D eigenvalue weighted by molar-refractivity contribution is 0.0567. The first kappa shape index (κ1) is 10.0. The number of hydrogen-bond acceptors (Lipinski definition) is 2. The van der Waals surface area contributed by atoms with Gasteiger partial charge in [0.05, 0.1) is 6.10 Å². The van der Waals surface area contributed by atoms with Crippen LogP contribution >= 0.6 is 0 Å². The quantitative estimate of drug-likeness (QED) is 0.684. The molecule has 1 fully saturated rings. The summed E-state index contributed by atoms with van der Waals surface area (Å²) in [5, 5.41) is 0. The minimum Gasteiger partial charge on any atom is -0.380 e. The first-order valence-electron chi connectivity index (χ1n) is 4.93. The van der Waals surface area contributed by atoms with E-state index < -0.39 is 0 Å². The predicted molar refractivity (Wildman–Crippen MR) is 51.0 cm³/mol. The molecule has 2 atom stereocenters. The fraction of sp³-hybridized carbons (Fsp3) is 1.00. The summed E-state index contributed by atoms with van der Waals surface area (Å²) in [6.07, 6.45) is 4.01. The lowest BCUT2D eigenvalue weighted by atomic mass is 9.97. The first-order valence-corrected chi connectivity index (χ1v) is 4.93. The van der Waals surface area contributed by atoms with Gasteiger partial charge in [-0.25, -0.2) is 0 Å². The van der Waals surface area contributed by atoms with E-state index in [4.69, 9.17) is 10.5 Å². The highest BCUT2D eigenvalue weighted by Gasteiger charge is 2.35. The standard InChI is InChI=1S/C10H21NO/c1-7(2)6-9(11)10(12-3)8-4-5-8/h7-10H,4-6,11H2,1-3H3. The molecule has 1 saturated carbocycles. The van der Waals surface area contributed by atoms with Gasteiger partial charge in [0.2, 0.25) is 0 Å². The van der Waals surface area contributed by atoms with Crippen molar-refractivity contribution in [2.24, 2.45) is 17.6 Å². The van der Waals surface area contributed by atoms with Crippen LogP contribution in [0.2, 0.25) is 0 Å². The van der Waals surface area contributed by atoms with E-state index in [1.165, 1.54) is 12.8 Å². The highest BCUT2D eigenvalue weighted by Crippen LogP contribution is 2.36. The molecule has 2 heteroatoms. The zero-order valence-corrected chi connectivity index (χ0v) is 8.42. The third-order valence-electron chi connectivity index (χ3n) is 2.52. The Balaban J connectivity index is 2.30. The second-order valence-electron chi connectivity index (χ2n) is 4.33. The Morgan fingerprint density at radius 3 is 2.33 bits per heavy atom. The molecule has 1 rings (SSSR count). The van der Waals surface area contributed by atoms with E-state index in [1.807, 2.05) is 0 Å². The lowest BCUT2D eigenvalue weighted by Gasteiger charge is -2.23. The van der Waals surface area contributed by atoms with E-state index in [0.717, 1.165) is 12.3 Å². The van der Waals surface area contributed by atoms with Crippen molar-refractivity contribution in [2.75, 3.05) is 7.11 Å². The Labute approximate surface area is 75.5 Å². The van der Waals surface area contributed by atoms with Crippen molar-refractivity contribution < 1.29 is 4.74 Å². The molecule has 12 heavy (non-hydrogen) atoms. The van der Waals surface area contributed by atoms with Gasteiger partial charge in [0, 0.05) is 13.2 Å². The van der Waals surface area contributed by atoms with Gasteiger partial charge in [-0.05, 0) is 31.1 Å². The van der Waals surface area contributed by atoms with Gasteiger partial charge in [-0.1, -0.05) is 13.8 Å². The largest absolute Gasteiger partial charge is 0.380 e. The molecule has 0 aromatic carbocycles. The Kier molecular flexibility index (Phi) is 3.53. The Hall–Kier alpha value is -0.0800. The highest BCUT2D eigenvalue weighted by atomic mass is 16.5. The molecule has 2 N–H and O–H groups in total. The molecular formula is C10H21NO. The summed E-state index contributed by atoms with van der Waals surface area (Å²) in [7, 11) is 1.78. The number of methoxy groups -OCH3 is 1. The molecule has 0 saturated heterocycles. The molecule has 0 heterocycles. The number of hydrogen-bond donors (Lipinski definition) is 1. The molecule has 0 amide bonds. The second kappa shape index (κ2) is 4.24. The van der Waals surface area contributed by atoms with E-state index in [2.05, 4.69) is 13.8 Å². The van der Waals surface area contributed by atoms with E-state index in [0.29, 0.717) is 12.0 Å². The van der Waals surface area contributed by atoms with Crippen molar-refractivity contribution in [1.29, 1.82) is 0 Å². The average Bonchev–Trinajstić information content (AvgIpc) is 2.70. The molecule has 0 spiro atoms. The number of ether oxygens (including phenoxy) is 1. The van der Waals surface area contributed by atoms with E-state index in [1.54, 1.807) is 7.11 Å². The third kappa shape index (κ3) is 2.76. The van der Waals surface area contributed by atoms with Crippen LogP contribution in [0.15, 0.2) is 0 Å². The fourth-order valence-electron chi connectivity index (χ4n) is 1.82. The molecule has 2 unspecified atom stereocenters. The topological polar surface area (TPSA) is 35.2 Å². The summed E-state index contributed by atoms with van der Waals surface area (Å²) < 4.78 is 5.41. The van der Waals surface area contributed by atoms with Gasteiger partial charge >= 0.3 is 0 Å². The predicted octanol–water partition coefficient (Wildman–Crippen LogP) is 1.78. The highest BCUT2D eigenvalue weighted by molar-refractivity contribution is 4.88. The maximum Gasteiger partial charge on any atom is 0.0750 e. The Bertz CT molecular complexity index is 132. The normalized spacial score (nSPS) is 22.8. The van der Waals surface area contributed by atoms with Gasteiger partial charge in [0.15, 0.2) is 0 Å². The molecule has 0 aromatic rings. The van der Waals surface area contributed by atoms with Crippen LogP contribution < -0.4 is 5.73 Å². The van der Waals surface area contributed by atoms with Gasteiger partial charge in [0.1, 0.15) is 0 Å². The summed E-state index contributed by atoms with van der Waals surface area (Å²) in [5.41, 5.74) is 6.05. The maximum atomic E-state index is 6.05. The lowest BCUT2D eigenvalue weighted by Crippen LogP contribution is -2.38. The molecular weight excluding hydrogens is 150 g/mol. The van der Waals surface area contributed by atoms with Crippen molar-refractivity contribution in [3.05, 3.63) is 0 Å². The molecule has 0 aliphatic heterocycles. The van der Waals surface area contributed by atoms with Crippen LogP contribution in [-0.2, 0) is 4.74 Å². The molecule has 2 nitrogen and oxygen atoms in total. The summed E-state index contributed by atoms with van der Waals surface area (Å²) in [5.74, 6) is 1.43. The molecule has 1 aliphatic carbocycles. The van der Waals surface area contributed by atoms with E-state index >= 15 is 0 Å². The monoisotopic (exact) mass is 171 g/mol. The van der Waals surface area contributed by atoms with Gasteiger partial charge < -0.3 is 10.5 Å². The molecule has 72 valence electrons. The smallest absolute Gasteiger partial charge is 0.0750 e. The van der Waals surface area contributed by atoms with Gasteiger partial charge in [-0.3, -0.25) is 0 Å². The summed E-state index contributed by atoms with van der Waals surface area (Å²) >= 11 is 0. The minimum absolute atomic E-state index is 0.238. The van der Waals surface area contributed by atoms with Gasteiger partial charge in [-0.2, -0.15) is 0 Å². The van der Waals surface area contributed by atoms with Crippen molar-refractivity contribution in [1.82, 2.24) is 0 Å². The first-order chi connectivity index (χ1) is 5.65. The summed E-state index contributed by atoms with van der Waals surface area (Å²) in [6.45, 7) is 4.42. The summed E-state index contributed by atoms with van der Waals surface area (Å²) in [4.78, 5) is 0. The fourth-order valence-corrected chi connectivity index (χ4v) is 1.82. The van der Waals surface area contributed by atoms with Crippen LogP contribution in [-0.4, -0.2) is 19.3 Å². The van der Waals surface area contributed by atoms with Crippen LogP contribution in [0.1, 0.15) is 33.1 Å². The maximum absolute atomic E-state index is 6.05. The van der Waals surface area contributed by atoms with Crippen LogP contribution in [0.3, 0.4) is 0 Å². The third-order valence-corrected chi connectivity index (χ3v) is 2.52. The van der Waals surface area contributed by atoms with Crippen LogP contribution in [0.5, 0.6) is 0 Å². The SMILES string of the molecule is COC(C(N)CC(C)C)C1CC1. The Morgan fingerprint density at radius 2 is 2.00 bits per heavy atom. The zero-order valence-electron chi connectivity index (χ0n) is 8.42. The van der Waals surface area contributed by atoms with E-state index in [-0.39, 0.29) is 6.04 Å². The minimum atomic E-state index is 0.238. The summed E-state index contributed by atoms with van der Waals surface area (Å²) in [6, 6.07) is 0.238. The average molecular weight is 171 g/mol. The van der Waals surface area contributed by atoms with E-state index in [9.17, 15) is 0 Å².